The lowest BCUT2D eigenvalue weighted by Gasteiger charge is -2.36. The molecule has 0 aromatic heterocycles. The molecule has 1 aliphatic heterocycles. The minimum Gasteiger partial charge on any atom is -0.442 e. The normalized spacial score (nSPS) is 25.1. The third kappa shape index (κ3) is 2.77. The molecule has 18 heavy (non-hydrogen) atoms. The van der Waals surface area contributed by atoms with Crippen LogP contribution >= 0.6 is 0 Å². The molecule has 0 radical (unpaired) electrons. The third-order valence-corrected chi connectivity index (χ3v) is 2.39. The Balaban J connectivity index is 3.02. The molecule has 0 saturated carbocycles. The molecule has 0 unspecified atom stereocenters. The highest BCUT2D eigenvalue weighted by molar-refractivity contribution is 5.87. The number of carbonyl (C=O) groups excluding carboxylic acids is 1. The first-order valence-electron chi connectivity index (χ1n) is 5.54. The van der Waals surface area contributed by atoms with Crippen LogP contribution in [0.2, 0.25) is 0 Å². The minimum absolute atomic E-state index is 0.241. The van der Waals surface area contributed by atoms with Gasteiger partial charge >= 0.3 is 6.09 Å². The van der Waals surface area contributed by atoms with Gasteiger partial charge in [0.2, 0.25) is 5.72 Å². The fourth-order valence-corrected chi connectivity index (χ4v) is 1.56. The second-order valence-electron chi connectivity index (χ2n) is 5.51. The van der Waals surface area contributed by atoms with Crippen molar-refractivity contribution in [1.29, 1.82) is 0 Å². The van der Waals surface area contributed by atoms with Crippen LogP contribution in [-0.4, -0.2) is 39.2 Å². The van der Waals surface area contributed by atoms with Gasteiger partial charge in [0.15, 0.2) is 0 Å². The van der Waals surface area contributed by atoms with Gasteiger partial charge in [-0.1, -0.05) is 0 Å². The third-order valence-electron chi connectivity index (χ3n) is 2.39. The topological polar surface area (TPSA) is 62.1 Å². The van der Waals surface area contributed by atoms with Gasteiger partial charge in [0, 0.05) is 19.1 Å². The molecular weight excluding hydrogens is 246 g/mol. The fraction of sp³-hybridized carbons (Fsp3) is 0.818. The molecule has 1 heterocycles. The number of aliphatic hydroxyl groups is 1. The van der Waals surface area contributed by atoms with Gasteiger partial charge in [0.1, 0.15) is 5.60 Å². The summed E-state index contributed by atoms with van der Waals surface area (Å²) >= 11 is 0. The average Bonchev–Trinajstić information content (AvgIpc) is 2.38. The van der Waals surface area contributed by atoms with E-state index in [4.69, 9.17) is 4.74 Å². The van der Waals surface area contributed by atoms with Gasteiger partial charge in [0.25, 0.3) is 5.92 Å². The molecule has 1 atom stereocenters. The molecule has 0 spiro atoms. The van der Waals surface area contributed by atoms with Crippen molar-refractivity contribution >= 4 is 11.8 Å². The molecule has 1 aliphatic rings. The van der Waals surface area contributed by atoms with E-state index in [1.54, 1.807) is 20.8 Å². The molecule has 1 amide bonds. The number of alkyl halides is 2. The van der Waals surface area contributed by atoms with Gasteiger partial charge in [-0.05, 0) is 27.7 Å². The predicted molar refractivity (Wildman–Crippen MR) is 61.4 cm³/mol. The van der Waals surface area contributed by atoms with Crippen molar-refractivity contribution in [3.8, 4) is 0 Å². The van der Waals surface area contributed by atoms with Crippen LogP contribution in [0.4, 0.5) is 13.6 Å². The van der Waals surface area contributed by atoms with E-state index in [-0.39, 0.29) is 5.71 Å². The van der Waals surface area contributed by atoms with Gasteiger partial charge in [-0.2, -0.15) is 10.1 Å². The Kier molecular flexibility index (Phi) is 3.42. The number of hydrogen-bond acceptors (Lipinski definition) is 4. The van der Waals surface area contributed by atoms with Gasteiger partial charge in [-0.15, -0.1) is 0 Å². The molecule has 1 rings (SSSR count). The summed E-state index contributed by atoms with van der Waals surface area (Å²) in [5.74, 6) is -3.51. The van der Waals surface area contributed by atoms with E-state index in [2.05, 4.69) is 5.10 Å². The molecule has 0 aliphatic carbocycles. The highest BCUT2D eigenvalue weighted by Gasteiger charge is 2.59. The van der Waals surface area contributed by atoms with Crippen molar-refractivity contribution < 1.29 is 23.4 Å². The zero-order valence-electron chi connectivity index (χ0n) is 11.1. The van der Waals surface area contributed by atoms with E-state index in [1.165, 1.54) is 6.92 Å². The maximum atomic E-state index is 13.5. The SMILES string of the molecule is CC1=NN(C(=O)OC(C)(C)C)[C@](O)(C(C)(F)F)C1. The zero-order valence-corrected chi connectivity index (χ0v) is 11.1. The Labute approximate surface area is 104 Å². The maximum Gasteiger partial charge on any atom is 0.433 e. The fourth-order valence-electron chi connectivity index (χ4n) is 1.56. The maximum absolute atomic E-state index is 13.5. The van der Waals surface area contributed by atoms with Crippen LogP contribution in [-0.2, 0) is 4.74 Å². The Bertz CT molecular complexity index is 385. The van der Waals surface area contributed by atoms with Crippen LogP contribution in [0.5, 0.6) is 0 Å². The number of rotatable bonds is 1. The van der Waals surface area contributed by atoms with E-state index in [0.717, 1.165) is 0 Å². The summed E-state index contributed by atoms with van der Waals surface area (Å²) in [5.41, 5.74) is -3.28. The predicted octanol–water partition coefficient (Wildman–Crippen LogP) is 2.35. The van der Waals surface area contributed by atoms with Crippen molar-refractivity contribution in [3.05, 3.63) is 0 Å². The summed E-state index contributed by atoms with van der Waals surface area (Å²) in [6.45, 7) is 6.79. The molecule has 0 saturated heterocycles. The van der Waals surface area contributed by atoms with E-state index in [9.17, 15) is 18.7 Å². The zero-order chi connectivity index (χ0) is 14.4. The first-order chi connectivity index (χ1) is 7.87. The standard InChI is InChI=1S/C11H18F2N2O3/c1-7-6-11(17,10(5,12)13)15(14-7)8(16)18-9(2,3)4/h17H,6H2,1-5H3/t11-/m1/s1. The van der Waals surface area contributed by atoms with Crippen molar-refractivity contribution in [2.75, 3.05) is 0 Å². The van der Waals surface area contributed by atoms with Gasteiger partial charge in [0.05, 0.1) is 0 Å². The summed E-state index contributed by atoms with van der Waals surface area (Å²) in [5, 5.41) is 14.0. The number of carbonyl (C=O) groups is 1. The van der Waals surface area contributed by atoms with E-state index < -0.39 is 29.8 Å². The second kappa shape index (κ2) is 4.15. The number of halogens is 2. The van der Waals surface area contributed by atoms with E-state index >= 15 is 0 Å². The largest absolute Gasteiger partial charge is 0.442 e. The van der Waals surface area contributed by atoms with Crippen molar-refractivity contribution in [2.24, 2.45) is 5.10 Å². The molecule has 0 fully saturated rings. The first kappa shape index (κ1) is 14.8. The second-order valence-corrected chi connectivity index (χ2v) is 5.51. The number of amides is 1. The van der Waals surface area contributed by atoms with Crippen LogP contribution in [0.15, 0.2) is 5.10 Å². The molecular formula is C11H18F2N2O3. The summed E-state index contributed by atoms with van der Waals surface area (Å²) in [7, 11) is 0. The van der Waals surface area contributed by atoms with Crippen LogP contribution < -0.4 is 0 Å². The quantitative estimate of drug-likeness (QED) is 0.790. The summed E-state index contributed by atoms with van der Waals surface area (Å²) in [4.78, 5) is 11.8. The van der Waals surface area contributed by atoms with Crippen molar-refractivity contribution in [2.45, 2.75) is 58.3 Å². The minimum atomic E-state index is -3.51. The number of ether oxygens (including phenoxy) is 1. The monoisotopic (exact) mass is 264 g/mol. The lowest BCUT2D eigenvalue weighted by molar-refractivity contribution is -0.228. The molecule has 1 N–H and O–H groups in total. The number of hydrazone groups is 1. The number of hydrogen-bond donors (Lipinski definition) is 1. The highest BCUT2D eigenvalue weighted by Crippen LogP contribution is 2.39. The smallest absolute Gasteiger partial charge is 0.433 e. The van der Waals surface area contributed by atoms with Crippen LogP contribution in [0.1, 0.15) is 41.0 Å². The number of nitrogens with zero attached hydrogens (tertiary/aromatic N) is 2. The highest BCUT2D eigenvalue weighted by atomic mass is 19.3. The Morgan fingerprint density at radius 3 is 2.33 bits per heavy atom. The van der Waals surface area contributed by atoms with Crippen LogP contribution in [0.3, 0.4) is 0 Å². The molecule has 0 bridgehead atoms. The lowest BCUT2D eigenvalue weighted by Crippen LogP contribution is -2.58. The summed E-state index contributed by atoms with van der Waals surface area (Å²) in [6.07, 6.45) is -1.50. The molecule has 7 heteroatoms. The molecule has 0 aromatic rings. The van der Waals surface area contributed by atoms with Gasteiger partial charge < -0.3 is 9.84 Å². The van der Waals surface area contributed by atoms with Gasteiger partial charge in [-0.3, -0.25) is 0 Å². The van der Waals surface area contributed by atoms with Crippen molar-refractivity contribution in [3.63, 3.8) is 0 Å². The van der Waals surface area contributed by atoms with Crippen LogP contribution in [0, 0.1) is 0 Å². The van der Waals surface area contributed by atoms with E-state index in [0.29, 0.717) is 11.9 Å². The summed E-state index contributed by atoms with van der Waals surface area (Å²) < 4.78 is 31.9. The van der Waals surface area contributed by atoms with Crippen LogP contribution in [0.25, 0.3) is 0 Å². The lowest BCUT2D eigenvalue weighted by atomic mass is 10.0. The first-order valence-corrected chi connectivity index (χ1v) is 5.54. The van der Waals surface area contributed by atoms with Crippen molar-refractivity contribution in [1.82, 2.24) is 5.01 Å². The summed E-state index contributed by atoms with van der Waals surface area (Å²) in [6, 6.07) is 0. The molecule has 5 nitrogen and oxygen atoms in total. The van der Waals surface area contributed by atoms with E-state index in [1.807, 2.05) is 0 Å². The molecule has 104 valence electrons. The van der Waals surface area contributed by atoms with Gasteiger partial charge in [-0.25, -0.2) is 13.6 Å². The average molecular weight is 264 g/mol. The molecule has 0 aromatic carbocycles. The Morgan fingerprint density at radius 1 is 1.44 bits per heavy atom. The Morgan fingerprint density at radius 2 is 1.94 bits per heavy atom. The Hall–Kier alpha value is -1.24.